The van der Waals surface area contributed by atoms with E-state index in [0.717, 1.165) is 0 Å². The summed E-state index contributed by atoms with van der Waals surface area (Å²) in [6.07, 6.45) is 0. The Hall–Kier alpha value is -1.49. The molecule has 1 aliphatic heterocycles. The molecule has 1 aliphatic rings. The van der Waals surface area contributed by atoms with Crippen LogP contribution >= 0.6 is 11.8 Å². The maximum Gasteiger partial charge on any atom is 0.239 e. The first-order chi connectivity index (χ1) is 9.16. The van der Waals surface area contributed by atoms with Gasteiger partial charge in [-0.3, -0.25) is 9.59 Å². The normalized spacial score (nSPS) is 16.5. The molecular formula is C14H18N2O2S. The lowest BCUT2D eigenvalue weighted by Gasteiger charge is -2.16. The first kappa shape index (κ1) is 13.9. The van der Waals surface area contributed by atoms with Crippen LogP contribution in [-0.2, 0) is 9.59 Å². The number of carbonyl (C=O) groups excluding carboxylic acids is 2. The molecule has 1 heterocycles. The molecule has 2 rings (SSSR count). The molecule has 0 aromatic heterocycles. The van der Waals surface area contributed by atoms with Gasteiger partial charge in [0.2, 0.25) is 11.8 Å². The van der Waals surface area contributed by atoms with Crippen molar-refractivity contribution in [1.82, 2.24) is 10.2 Å². The van der Waals surface area contributed by atoms with Crippen LogP contribution in [0, 0.1) is 0 Å². The third kappa shape index (κ3) is 3.99. The predicted octanol–water partition coefficient (Wildman–Crippen LogP) is 1.44. The van der Waals surface area contributed by atoms with Gasteiger partial charge in [-0.05, 0) is 11.5 Å². The summed E-state index contributed by atoms with van der Waals surface area (Å²) in [5.41, 5.74) is 1.20. The molecule has 1 saturated heterocycles. The number of hydrogen-bond acceptors (Lipinski definition) is 3. The average Bonchev–Trinajstić information content (AvgIpc) is 2.82. The van der Waals surface area contributed by atoms with Gasteiger partial charge in [0.1, 0.15) is 6.54 Å². The van der Waals surface area contributed by atoms with Crippen molar-refractivity contribution in [3.05, 3.63) is 35.9 Å². The molecule has 1 fully saturated rings. The van der Waals surface area contributed by atoms with Gasteiger partial charge in [0.05, 0.1) is 11.6 Å². The van der Waals surface area contributed by atoms with E-state index in [2.05, 4.69) is 24.4 Å². The van der Waals surface area contributed by atoms with Crippen LogP contribution in [0.2, 0.25) is 0 Å². The summed E-state index contributed by atoms with van der Waals surface area (Å²) in [5, 5.41) is 2.89. The molecule has 102 valence electrons. The minimum Gasteiger partial charge on any atom is -0.354 e. The van der Waals surface area contributed by atoms with Gasteiger partial charge in [0.15, 0.2) is 0 Å². The van der Waals surface area contributed by atoms with Gasteiger partial charge in [0.25, 0.3) is 0 Å². The van der Waals surface area contributed by atoms with Crippen molar-refractivity contribution in [2.75, 3.05) is 24.7 Å². The van der Waals surface area contributed by atoms with Crippen molar-refractivity contribution < 1.29 is 9.59 Å². The highest BCUT2D eigenvalue weighted by Gasteiger charge is 2.22. The van der Waals surface area contributed by atoms with Crippen LogP contribution in [0.25, 0.3) is 0 Å². The highest BCUT2D eigenvalue weighted by molar-refractivity contribution is 8.00. The van der Waals surface area contributed by atoms with Crippen molar-refractivity contribution in [3.63, 3.8) is 0 Å². The minimum atomic E-state index is -0.0846. The maximum absolute atomic E-state index is 11.8. The van der Waals surface area contributed by atoms with E-state index in [1.165, 1.54) is 5.56 Å². The second-order valence-corrected chi connectivity index (χ2v) is 5.64. The fourth-order valence-corrected chi connectivity index (χ4v) is 2.84. The zero-order valence-corrected chi connectivity index (χ0v) is 11.8. The minimum absolute atomic E-state index is 0.0521. The van der Waals surface area contributed by atoms with E-state index in [0.29, 0.717) is 18.2 Å². The number of amides is 2. The molecule has 0 bridgehead atoms. The fourth-order valence-electron chi connectivity index (χ4n) is 1.94. The molecule has 0 aliphatic carbocycles. The van der Waals surface area contributed by atoms with Crippen LogP contribution in [0.15, 0.2) is 30.3 Å². The summed E-state index contributed by atoms with van der Waals surface area (Å²) in [7, 11) is 0. The van der Waals surface area contributed by atoms with E-state index >= 15 is 0 Å². The molecule has 1 N–H and O–H groups in total. The number of benzene rings is 1. The summed E-state index contributed by atoms with van der Waals surface area (Å²) in [6, 6.07) is 10.1. The van der Waals surface area contributed by atoms with E-state index in [1.807, 2.05) is 18.2 Å². The molecular weight excluding hydrogens is 260 g/mol. The summed E-state index contributed by atoms with van der Waals surface area (Å²) >= 11 is 1.55. The van der Waals surface area contributed by atoms with Gasteiger partial charge in [0, 0.05) is 6.54 Å². The lowest BCUT2D eigenvalue weighted by atomic mass is 10.0. The number of nitrogens with one attached hydrogen (secondary N) is 1. The third-order valence-corrected chi connectivity index (χ3v) is 4.08. The second-order valence-electron chi connectivity index (χ2n) is 4.69. The van der Waals surface area contributed by atoms with Crippen LogP contribution in [0.4, 0.5) is 0 Å². The van der Waals surface area contributed by atoms with Crippen molar-refractivity contribution in [3.8, 4) is 0 Å². The topological polar surface area (TPSA) is 49.4 Å². The smallest absolute Gasteiger partial charge is 0.239 e. The standard InChI is InChI=1S/C14H18N2O2S/c1-11(12-5-3-2-4-6-12)7-15-13(17)8-16-10-19-9-14(16)18/h2-6,11H,7-10H2,1H3,(H,15,17). The Labute approximate surface area is 117 Å². The number of nitrogens with zero attached hydrogens (tertiary/aromatic N) is 1. The Bertz CT molecular complexity index is 450. The van der Waals surface area contributed by atoms with E-state index in [4.69, 9.17) is 0 Å². The summed E-state index contributed by atoms with van der Waals surface area (Å²) in [6.45, 7) is 2.85. The van der Waals surface area contributed by atoms with Crippen LogP contribution in [0.5, 0.6) is 0 Å². The largest absolute Gasteiger partial charge is 0.354 e. The highest BCUT2D eigenvalue weighted by atomic mass is 32.2. The van der Waals surface area contributed by atoms with Gasteiger partial charge in [-0.1, -0.05) is 37.3 Å². The van der Waals surface area contributed by atoms with Crippen molar-refractivity contribution in [2.45, 2.75) is 12.8 Å². The molecule has 1 atom stereocenters. The van der Waals surface area contributed by atoms with Crippen LogP contribution in [0.1, 0.15) is 18.4 Å². The van der Waals surface area contributed by atoms with E-state index in [9.17, 15) is 9.59 Å². The maximum atomic E-state index is 11.8. The lowest BCUT2D eigenvalue weighted by molar-refractivity contribution is -0.132. The molecule has 5 heteroatoms. The molecule has 4 nitrogen and oxygen atoms in total. The van der Waals surface area contributed by atoms with Crippen molar-refractivity contribution >= 4 is 23.6 Å². The van der Waals surface area contributed by atoms with Crippen LogP contribution in [0.3, 0.4) is 0 Å². The number of rotatable bonds is 5. The Morgan fingerprint density at radius 2 is 2.16 bits per heavy atom. The second kappa shape index (κ2) is 6.61. The van der Waals surface area contributed by atoms with Gasteiger partial charge in [-0.25, -0.2) is 0 Å². The molecule has 0 radical (unpaired) electrons. The van der Waals surface area contributed by atoms with E-state index in [-0.39, 0.29) is 24.3 Å². The molecule has 1 aromatic rings. The number of thioether (sulfide) groups is 1. The van der Waals surface area contributed by atoms with Gasteiger partial charge >= 0.3 is 0 Å². The zero-order valence-electron chi connectivity index (χ0n) is 11.0. The van der Waals surface area contributed by atoms with Gasteiger partial charge in [-0.15, -0.1) is 11.8 Å². The van der Waals surface area contributed by atoms with Gasteiger partial charge < -0.3 is 10.2 Å². The Morgan fingerprint density at radius 3 is 2.79 bits per heavy atom. The lowest BCUT2D eigenvalue weighted by Crippen LogP contribution is -2.39. The molecule has 19 heavy (non-hydrogen) atoms. The zero-order chi connectivity index (χ0) is 13.7. The van der Waals surface area contributed by atoms with E-state index in [1.54, 1.807) is 16.7 Å². The molecule has 1 aromatic carbocycles. The summed E-state index contributed by atoms with van der Waals surface area (Å²) in [4.78, 5) is 24.8. The first-order valence-corrected chi connectivity index (χ1v) is 7.49. The molecule has 0 spiro atoms. The fraction of sp³-hybridized carbons (Fsp3) is 0.429. The van der Waals surface area contributed by atoms with Gasteiger partial charge in [-0.2, -0.15) is 0 Å². The van der Waals surface area contributed by atoms with E-state index < -0.39 is 0 Å². The molecule has 0 saturated carbocycles. The average molecular weight is 278 g/mol. The summed E-state index contributed by atoms with van der Waals surface area (Å²) < 4.78 is 0. The third-order valence-electron chi connectivity index (χ3n) is 3.13. The molecule has 1 unspecified atom stereocenters. The Kier molecular flexibility index (Phi) is 4.85. The van der Waals surface area contributed by atoms with Crippen molar-refractivity contribution in [1.29, 1.82) is 0 Å². The quantitative estimate of drug-likeness (QED) is 0.886. The van der Waals surface area contributed by atoms with Crippen LogP contribution in [-0.4, -0.2) is 41.4 Å². The number of hydrogen-bond donors (Lipinski definition) is 1. The monoisotopic (exact) mass is 278 g/mol. The van der Waals surface area contributed by atoms with Crippen LogP contribution < -0.4 is 5.32 Å². The summed E-state index contributed by atoms with van der Waals surface area (Å²) in [5.74, 6) is 1.36. The predicted molar refractivity (Wildman–Crippen MR) is 76.9 cm³/mol. The highest BCUT2D eigenvalue weighted by Crippen LogP contribution is 2.15. The van der Waals surface area contributed by atoms with Crippen molar-refractivity contribution in [2.24, 2.45) is 0 Å². The first-order valence-electron chi connectivity index (χ1n) is 6.34. The number of carbonyl (C=O) groups is 2. The Morgan fingerprint density at radius 1 is 1.42 bits per heavy atom. The SMILES string of the molecule is CC(CNC(=O)CN1CSCC1=O)c1ccccc1. The Balaban J connectivity index is 1.76. The molecule has 2 amide bonds.